The number of methoxy groups -OCH3 is 2. The van der Waals surface area contributed by atoms with E-state index < -0.39 is 0 Å². The predicted molar refractivity (Wildman–Crippen MR) is 134 cm³/mol. The summed E-state index contributed by atoms with van der Waals surface area (Å²) in [5, 5.41) is 13.9. The lowest BCUT2D eigenvalue weighted by Crippen LogP contribution is -2.14. The van der Waals surface area contributed by atoms with Gasteiger partial charge in [0.25, 0.3) is 0 Å². The Kier molecular flexibility index (Phi) is 8.98. The van der Waals surface area contributed by atoms with Gasteiger partial charge in [0.1, 0.15) is 11.5 Å². The molecule has 33 heavy (non-hydrogen) atoms. The SMILES string of the molecule is COc1ccc(C)cc1NC(=O)CSc1nnc(SCC(=O)Nc2cc(C)ccc2OC)s1. The second-order valence-corrected chi connectivity index (χ2v) is 10.3. The van der Waals surface area contributed by atoms with Crippen LogP contribution in [0.5, 0.6) is 11.5 Å². The van der Waals surface area contributed by atoms with Crippen molar-refractivity contribution >= 4 is 58.0 Å². The van der Waals surface area contributed by atoms with Gasteiger partial charge in [-0.1, -0.05) is 47.0 Å². The Hall–Kier alpha value is -2.76. The van der Waals surface area contributed by atoms with Gasteiger partial charge < -0.3 is 20.1 Å². The Labute approximate surface area is 204 Å². The first-order chi connectivity index (χ1) is 15.9. The molecule has 11 heteroatoms. The van der Waals surface area contributed by atoms with E-state index in [1.54, 1.807) is 14.2 Å². The van der Waals surface area contributed by atoms with Crippen molar-refractivity contribution < 1.29 is 19.1 Å². The average molecular weight is 505 g/mol. The monoisotopic (exact) mass is 504 g/mol. The number of hydrogen-bond donors (Lipinski definition) is 2. The molecule has 0 fully saturated rings. The smallest absolute Gasteiger partial charge is 0.234 e. The lowest BCUT2D eigenvalue weighted by atomic mass is 10.2. The van der Waals surface area contributed by atoms with Gasteiger partial charge >= 0.3 is 0 Å². The molecule has 0 atom stereocenters. The summed E-state index contributed by atoms with van der Waals surface area (Å²) < 4.78 is 11.9. The molecule has 3 rings (SSSR count). The first-order valence-electron chi connectivity index (χ1n) is 9.86. The molecular weight excluding hydrogens is 480 g/mol. The summed E-state index contributed by atoms with van der Waals surface area (Å²) in [5.41, 5.74) is 3.31. The minimum absolute atomic E-state index is 0.167. The highest BCUT2D eigenvalue weighted by Gasteiger charge is 2.13. The number of carbonyl (C=O) groups excluding carboxylic acids is 2. The second-order valence-electron chi connectivity index (χ2n) is 6.92. The zero-order valence-corrected chi connectivity index (χ0v) is 21.1. The van der Waals surface area contributed by atoms with Crippen LogP contribution in [0, 0.1) is 13.8 Å². The van der Waals surface area contributed by atoms with Crippen molar-refractivity contribution in [1.82, 2.24) is 10.2 Å². The molecule has 2 aromatic carbocycles. The molecule has 0 aliphatic heterocycles. The van der Waals surface area contributed by atoms with Gasteiger partial charge in [-0.3, -0.25) is 9.59 Å². The van der Waals surface area contributed by atoms with E-state index in [9.17, 15) is 9.59 Å². The number of benzene rings is 2. The van der Waals surface area contributed by atoms with Crippen LogP contribution in [-0.2, 0) is 9.59 Å². The summed E-state index contributed by atoms with van der Waals surface area (Å²) in [6.45, 7) is 3.89. The predicted octanol–water partition coefficient (Wildman–Crippen LogP) is 4.63. The molecule has 3 aromatic rings. The van der Waals surface area contributed by atoms with Crippen molar-refractivity contribution in [2.45, 2.75) is 22.5 Å². The molecule has 0 radical (unpaired) electrons. The second kappa shape index (κ2) is 11.9. The highest BCUT2D eigenvalue weighted by Crippen LogP contribution is 2.30. The average Bonchev–Trinajstić information content (AvgIpc) is 3.25. The number of aromatic nitrogens is 2. The van der Waals surface area contributed by atoms with Crippen LogP contribution in [0.2, 0.25) is 0 Å². The molecule has 0 bridgehead atoms. The van der Waals surface area contributed by atoms with Gasteiger partial charge in [0.05, 0.1) is 37.1 Å². The van der Waals surface area contributed by atoms with Crippen LogP contribution >= 0.6 is 34.9 Å². The van der Waals surface area contributed by atoms with Crippen molar-refractivity contribution in [3.63, 3.8) is 0 Å². The summed E-state index contributed by atoms with van der Waals surface area (Å²) in [6, 6.07) is 11.2. The quantitative estimate of drug-likeness (QED) is 0.385. The fourth-order valence-electron chi connectivity index (χ4n) is 2.78. The Morgan fingerprint density at radius 2 is 1.24 bits per heavy atom. The minimum atomic E-state index is -0.167. The molecule has 0 unspecified atom stereocenters. The Morgan fingerprint density at radius 1 is 0.818 bits per heavy atom. The van der Waals surface area contributed by atoms with Crippen molar-refractivity contribution in [3.8, 4) is 11.5 Å². The highest BCUT2D eigenvalue weighted by molar-refractivity contribution is 8.03. The zero-order valence-electron chi connectivity index (χ0n) is 18.6. The van der Waals surface area contributed by atoms with Crippen LogP contribution in [-0.4, -0.2) is 47.7 Å². The van der Waals surface area contributed by atoms with Gasteiger partial charge in [-0.15, -0.1) is 10.2 Å². The number of carbonyl (C=O) groups is 2. The third-order valence-electron chi connectivity index (χ3n) is 4.30. The summed E-state index contributed by atoms with van der Waals surface area (Å²) in [6.07, 6.45) is 0. The number of nitrogens with zero attached hydrogens (tertiary/aromatic N) is 2. The third-order valence-corrected chi connectivity index (χ3v) is 7.49. The molecule has 2 N–H and O–H groups in total. The molecule has 0 saturated heterocycles. The van der Waals surface area contributed by atoms with Gasteiger partial charge in [0, 0.05) is 0 Å². The van der Waals surface area contributed by atoms with Gasteiger partial charge in [-0.2, -0.15) is 0 Å². The fourth-order valence-corrected chi connectivity index (χ4v) is 5.40. The summed E-state index contributed by atoms with van der Waals surface area (Å²) >= 11 is 3.93. The van der Waals surface area contributed by atoms with E-state index in [0.717, 1.165) is 11.1 Å². The van der Waals surface area contributed by atoms with Crippen molar-refractivity contribution in [2.24, 2.45) is 0 Å². The van der Waals surface area contributed by atoms with Crippen LogP contribution in [0.3, 0.4) is 0 Å². The Balaban J connectivity index is 1.47. The maximum absolute atomic E-state index is 12.3. The van der Waals surface area contributed by atoms with Crippen LogP contribution in [0.4, 0.5) is 11.4 Å². The van der Waals surface area contributed by atoms with Gasteiger partial charge in [-0.05, 0) is 49.2 Å². The van der Waals surface area contributed by atoms with E-state index in [4.69, 9.17) is 9.47 Å². The molecular formula is C22H24N4O4S3. The molecule has 8 nitrogen and oxygen atoms in total. The first kappa shape index (κ1) is 24.9. The van der Waals surface area contributed by atoms with Crippen molar-refractivity contribution in [1.29, 1.82) is 0 Å². The van der Waals surface area contributed by atoms with E-state index in [0.29, 0.717) is 31.6 Å². The number of nitrogens with one attached hydrogen (secondary N) is 2. The lowest BCUT2D eigenvalue weighted by Gasteiger charge is -2.10. The molecule has 2 amide bonds. The summed E-state index contributed by atoms with van der Waals surface area (Å²) in [7, 11) is 3.13. The molecule has 0 saturated carbocycles. The number of rotatable bonds is 10. The highest BCUT2D eigenvalue weighted by atomic mass is 32.2. The Morgan fingerprint density at radius 3 is 1.64 bits per heavy atom. The first-order valence-corrected chi connectivity index (χ1v) is 12.6. The molecule has 1 aromatic heterocycles. The number of hydrogen-bond acceptors (Lipinski definition) is 9. The zero-order chi connectivity index (χ0) is 23.8. The van der Waals surface area contributed by atoms with E-state index >= 15 is 0 Å². The van der Waals surface area contributed by atoms with Crippen LogP contribution < -0.4 is 20.1 Å². The minimum Gasteiger partial charge on any atom is -0.495 e. The normalized spacial score (nSPS) is 10.5. The van der Waals surface area contributed by atoms with Gasteiger partial charge in [0.2, 0.25) is 11.8 Å². The lowest BCUT2D eigenvalue weighted by molar-refractivity contribution is -0.114. The maximum atomic E-state index is 12.3. The number of thioether (sulfide) groups is 2. The third kappa shape index (κ3) is 7.37. The Bertz CT molecular complexity index is 1050. The fraction of sp³-hybridized carbons (Fsp3) is 0.273. The summed E-state index contributed by atoms with van der Waals surface area (Å²) in [4.78, 5) is 24.7. The number of aryl methyl sites for hydroxylation is 2. The molecule has 0 aliphatic rings. The van der Waals surface area contributed by atoms with Crippen molar-refractivity contribution in [3.05, 3.63) is 47.5 Å². The van der Waals surface area contributed by atoms with Gasteiger partial charge in [0.15, 0.2) is 8.68 Å². The molecule has 1 heterocycles. The number of anilines is 2. The van der Waals surface area contributed by atoms with Crippen LogP contribution in [0.25, 0.3) is 0 Å². The van der Waals surface area contributed by atoms with Crippen molar-refractivity contribution in [2.75, 3.05) is 36.4 Å². The standard InChI is InChI=1S/C22H24N4O4S3/c1-13-5-7-17(29-3)15(9-13)23-19(27)11-31-21-25-26-22(33-21)32-12-20(28)24-16-10-14(2)6-8-18(16)30-4/h5-10H,11-12H2,1-4H3,(H,23,27)(H,24,28). The molecule has 0 spiro atoms. The number of ether oxygens (including phenoxy) is 2. The van der Waals surface area contributed by atoms with E-state index in [2.05, 4.69) is 20.8 Å². The summed E-state index contributed by atoms with van der Waals surface area (Å²) in [5.74, 6) is 1.25. The number of amides is 2. The van der Waals surface area contributed by atoms with Crippen LogP contribution in [0.1, 0.15) is 11.1 Å². The van der Waals surface area contributed by atoms with Gasteiger partial charge in [-0.25, -0.2) is 0 Å². The van der Waals surface area contributed by atoms with Crippen LogP contribution in [0.15, 0.2) is 45.1 Å². The largest absolute Gasteiger partial charge is 0.495 e. The maximum Gasteiger partial charge on any atom is 0.234 e. The van der Waals surface area contributed by atoms with E-state index in [1.807, 2.05) is 50.2 Å². The van der Waals surface area contributed by atoms with E-state index in [1.165, 1.54) is 34.9 Å². The van der Waals surface area contributed by atoms with E-state index in [-0.39, 0.29) is 23.3 Å². The topological polar surface area (TPSA) is 102 Å². The molecule has 174 valence electrons. The molecule has 0 aliphatic carbocycles.